The minimum Gasteiger partial charge on any atom is -0.462 e. The van der Waals surface area contributed by atoms with Gasteiger partial charge in [-0.05, 0) is 103 Å². The van der Waals surface area contributed by atoms with Crippen molar-refractivity contribution in [3.05, 3.63) is 109 Å². The van der Waals surface area contributed by atoms with Crippen LogP contribution in [0.15, 0.2) is 109 Å². The van der Waals surface area contributed by atoms with Crippen molar-refractivity contribution in [2.45, 2.75) is 380 Å². The van der Waals surface area contributed by atoms with E-state index in [2.05, 4.69) is 119 Å². The zero-order valence-corrected chi connectivity index (χ0v) is 68.9. The van der Waals surface area contributed by atoms with Gasteiger partial charge in [-0.3, -0.25) is 37.3 Å². The van der Waals surface area contributed by atoms with Crippen molar-refractivity contribution in [3.63, 3.8) is 0 Å². The number of phosphoric ester groups is 2. The Morgan fingerprint density at radius 3 is 0.830 bits per heavy atom. The molecule has 0 spiro atoms. The van der Waals surface area contributed by atoms with E-state index in [1.165, 1.54) is 141 Å². The van der Waals surface area contributed by atoms with Crippen molar-refractivity contribution >= 4 is 39.5 Å². The van der Waals surface area contributed by atoms with Crippen LogP contribution in [0, 0.1) is 0 Å². The molecule has 3 N–H and O–H groups in total. The Balaban J connectivity index is 5.42. The highest BCUT2D eigenvalue weighted by atomic mass is 31.2. The van der Waals surface area contributed by atoms with E-state index >= 15 is 0 Å². The average Bonchev–Trinajstić information content (AvgIpc) is 0.903. The number of hydrogen-bond acceptors (Lipinski definition) is 15. The highest BCUT2D eigenvalue weighted by Gasteiger charge is 2.30. The number of aliphatic hydroxyl groups excluding tert-OH is 1. The summed E-state index contributed by atoms with van der Waals surface area (Å²) >= 11 is 0. The van der Waals surface area contributed by atoms with Crippen molar-refractivity contribution in [3.8, 4) is 0 Å². The van der Waals surface area contributed by atoms with Gasteiger partial charge >= 0.3 is 39.5 Å². The summed E-state index contributed by atoms with van der Waals surface area (Å²) in [7, 11) is -9.98. The largest absolute Gasteiger partial charge is 0.472 e. The normalized spacial score (nSPS) is 14.4. The molecule has 0 saturated heterocycles. The molecule has 19 heteroatoms. The molecule has 0 aliphatic carbocycles. The van der Waals surface area contributed by atoms with Gasteiger partial charge in [-0.15, -0.1) is 0 Å². The maximum atomic E-state index is 13.1. The van der Waals surface area contributed by atoms with E-state index in [9.17, 15) is 43.2 Å². The van der Waals surface area contributed by atoms with Gasteiger partial charge in [-0.2, -0.15) is 0 Å². The highest BCUT2D eigenvalue weighted by molar-refractivity contribution is 7.47. The first-order valence-corrected chi connectivity index (χ1v) is 45.1. The van der Waals surface area contributed by atoms with E-state index in [-0.39, 0.29) is 25.7 Å². The summed E-state index contributed by atoms with van der Waals surface area (Å²) in [6, 6.07) is 0. The van der Waals surface area contributed by atoms with E-state index in [1.54, 1.807) is 0 Å². The summed E-state index contributed by atoms with van der Waals surface area (Å²) in [6.45, 7) is 4.70. The quantitative estimate of drug-likeness (QED) is 0.0169. The molecule has 0 aliphatic heterocycles. The van der Waals surface area contributed by atoms with Gasteiger partial charge in [0.15, 0.2) is 12.2 Å². The first kappa shape index (κ1) is 102. The number of phosphoric acid groups is 2. The summed E-state index contributed by atoms with van der Waals surface area (Å²) in [5.41, 5.74) is 0. The molecule has 0 saturated carbocycles. The predicted octanol–water partition coefficient (Wildman–Crippen LogP) is 24.9. The van der Waals surface area contributed by atoms with E-state index in [0.717, 1.165) is 135 Å². The number of esters is 4. The molecule has 0 radical (unpaired) electrons. The summed E-state index contributed by atoms with van der Waals surface area (Å²) in [5.74, 6) is -2.26. The van der Waals surface area contributed by atoms with Gasteiger partial charge in [0, 0.05) is 25.7 Å². The lowest BCUT2D eigenvalue weighted by atomic mass is 10.0. The molecule has 106 heavy (non-hydrogen) atoms. The van der Waals surface area contributed by atoms with Gasteiger partial charge in [0.2, 0.25) is 0 Å². The second-order valence-electron chi connectivity index (χ2n) is 28.1. The first-order valence-electron chi connectivity index (χ1n) is 42.1. The van der Waals surface area contributed by atoms with Gasteiger partial charge in [-0.1, -0.05) is 343 Å². The third kappa shape index (κ3) is 77.9. The Hall–Kier alpha value is -4.28. The number of unbranched alkanes of at least 4 members (excludes halogenated alkanes) is 35. The van der Waals surface area contributed by atoms with E-state index < -0.39 is 97.5 Å². The topological polar surface area (TPSA) is 237 Å². The standard InChI is InChI=1S/C87H152O17P2/c1-5-9-13-17-21-25-29-33-36-38-40-42-45-49-52-56-60-64-68-72-85(90)98-78-83(104-87(92)74-70-66-62-58-54-50-46-43-41-39-37-34-30-26-22-18-14-10-6-2)80-102-106(95,96)100-76-81(88)75-99-105(93,94)101-79-82(103-86(91)73-69-65-61-57-53-47-32-28-24-20-16-12-8-4)77-97-84(89)71-67-63-59-55-51-48-44-35-31-27-23-19-15-11-7-3/h9,13,21-22,25-26,33-34,36-37,40-43,49,52,60,64,81-83,88H,5-8,10-12,14-20,23-24,27-32,35,38-39,44-48,50-51,53-59,61-63,65-80H2,1-4H3,(H,93,94)(H,95,96)/b13-9-,25-21-,26-22-,36-33-,37-34-,42-40-,43-41-,52-49-,64-60-. The lowest BCUT2D eigenvalue weighted by Gasteiger charge is -2.21. The third-order valence-electron chi connectivity index (χ3n) is 17.8. The monoisotopic (exact) mass is 1530 g/mol. The number of hydrogen-bond donors (Lipinski definition) is 3. The number of allylic oxidation sites excluding steroid dienone is 18. The lowest BCUT2D eigenvalue weighted by molar-refractivity contribution is -0.161. The van der Waals surface area contributed by atoms with Gasteiger partial charge < -0.3 is 33.8 Å². The molecule has 0 amide bonds. The van der Waals surface area contributed by atoms with Gasteiger partial charge in [0.05, 0.1) is 26.4 Å². The van der Waals surface area contributed by atoms with Crippen LogP contribution in [0.4, 0.5) is 0 Å². The third-order valence-corrected chi connectivity index (χ3v) is 19.7. The molecule has 0 aliphatic rings. The first-order chi connectivity index (χ1) is 51.7. The number of rotatable bonds is 79. The summed E-state index contributed by atoms with van der Waals surface area (Å²) in [5, 5.41) is 10.7. The molecule has 0 bridgehead atoms. The van der Waals surface area contributed by atoms with Crippen molar-refractivity contribution < 1.29 is 80.2 Å². The molecule has 0 heterocycles. The summed E-state index contributed by atoms with van der Waals surface area (Å²) < 4.78 is 68.7. The molecule has 0 aromatic rings. The lowest BCUT2D eigenvalue weighted by Crippen LogP contribution is -2.30. The van der Waals surface area contributed by atoms with Crippen molar-refractivity contribution in [1.29, 1.82) is 0 Å². The van der Waals surface area contributed by atoms with Gasteiger partial charge in [0.25, 0.3) is 0 Å². The summed E-state index contributed by atoms with van der Waals surface area (Å²) in [4.78, 5) is 73.1. The van der Waals surface area contributed by atoms with Gasteiger partial charge in [0.1, 0.15) is 19.3 Å². The van der Waals surface area contributed by atoms with Crippen LogP contribution < -0.4 is 0 Å². The van der Waals surface area contributed by atoms with Crippen LogP contribution in [-0.2, 0) is 65.4 Å². The molecule has 0 aromatic carbocycles. The van der Waals surface area contributed by atoms with E-state index in [1.807, 2.05) is 18.2 Å². The predicted molar refractivity (Wildman–Crippen MR) is 436 cm³/mol. The van der Waals surface area contributed by atoms with Crippen LogP contribution in [0.3, 0.4) is 0 Å². The van der Waals surface area contributed by atoms with Crippen LogP contribution in [-0.4, -0.2) is 96.7 Å². The molecule has 17 nitrogen and oxygen atoms in total. The molecular formula is C87H152O17P2. The van der Waals surface area contributed by atoms with Gasteiger partial charge in [-0.25, -0.2) is 9.13 Å². The number of carbonyl (C=O) groups is 4. The second-order valence-corrected chi connectivity index (χ2v) is 31.0. The minimum atomic E-state index is -5.00. The van der Waals surface area contributed by atoms with E-state index in [0.29, 0.717) is 32.1 Å². The Morgan fingerprint density at radius 2 is 0.509 bits per heavy atom. The molecule has 0 fully saturated rings. The maximum Gasteiger partial charge on any atom is 0.472 e. The van der Waals surface area contributed by atoms with Crippen LogP contribution >= 0.6 is 15.6 Å². The molecule has 0 aromatic heterocycles. The fraction of sp³-hybridized carbons (Fsp3) is 0.747. The van der Waals surface area contributed by atoms with E-state index in [4.69, 9.17) is 37.0 Å². The molecule has 5 unspecified atom stereocenters. The molecule has 5 atom stereocenters. The Labute approximate surface area is 645 Å². The zero-order chi connectivity index (χ0) is 77.4. The number of ether oxygens (including phenoxy) is 4. The molecule has 612 valence electrons. The van der Waals surface area contributed by atoms with Crippen LogP contribution in [0.25, 0.3) is 0 Å². The van der Waals surface area contributed by atoms with Crippen LogP contribution in [0.2, 0.25) is 0 Å². The fourth-order valence-electron chi connectivity index (χ4n) is 11.4. The van der Waals surface area contributed by atoms with Crippen LogP contribution in [0.5, 0.6) is 0 Å². The highest BCUT2D eigenvalue weighted by Crippen LogP contribution is 2.45. The maximum absolute atomic E-state index is 13.1. The van der Waals surface area contributed by atoms with Crippen LogP contribution in [0.1, 0.15) is 362 Å². The van der Waals surface area contributed by atoms with Crippen molar-refractivity contribution in [2.75, 3.05) is 39.6 Å². The second kappa shape index (κ2) is 78.8. The average molecular weight is 1530 g/mol. The minimum absolute atomic E-state index is 0.0325. The zero-order valence-electron chi connectivity index (χ0n) is 67.1. The Kier molecular flexibility index (Phi) is 75.6. The number of carbonyl (C=O) groups excluding carboxylic acids is 4. The summed E-state index contributed by atoms with van der Waals surface area (Å²) in [6.07, 6.45) is 86.4. The number of aliphatic hydroxyl groups is 1. The Morgan fingerprint density at radius 1 is 0.274 bits per heavy atom. The fourth-order valence-corrected chi connectivity index (χ4v) is 13.0. The van der Waals surface area contributed by atoms with Crippen molar-refractivity contribution in [1.82, 2.24) is 0 Å². The molecule has 0 rings (SSSR count). The molecular weight excluding hydrogens is 1380 g/mol. The smallest absolute Gasteiger partial charge is 0.462 e. The Bertz CT molecular complexity index is 2430. The van der Waals surface area contributed by atoms with Crippen molar-refractivity contribution in [2.24, 2.45) is 0 Å². The SMILES string of the molecule is CC/C=C\C/C=C\C/C=C\C/C=C\C/C=C\C/C=C\CCC(=O)OCC(COP(=O)(O)OCC(O)COP(=O)(O)OCC(COC(=O)CCCCCCCCCCCCCCCCC)OC(=O)CCCCCCCCCCCCCCC)OC(=O)CCCCCCCC/C=C\C/C=C\C/C=C\CCCCC.